The maximum atomic E-state index is 14.1. The van der Waals surface area contributed by atoms with Crippen LogP contribution in [0.5, 0.6) is 11.5 Å². The lowest BCUT2D eigenvalue weighted by Gasteiger charge is -2.37. The van der Waals surface area contributed by atoms with Crippen LogP contribution in [0.2, 0.25) is 5.02 Å². The summed E-state index contributed by atoms with van der Waals surface area (Å²) < 4.78 is 7.16. The number of nitrogens with one attached hydrogen (secondary N) is 1. The molecule has 1 fully saturated rings. The van der Waals surface area contributed by atoms with E-state index in [2.05, 4.69) is 44.5 Å². The van der Waals surface area contributed by atoms with Crippen molar-refractivity contribution in [3.63, 3.8) is 0 Å². The predicted octanol–water partition coefficient (Wildman–Crippen LogP) is 7.88. The maximum Gasteiger partial charge on any atom is 0.234 e. The van der Waals surface area contributed by atoms with Crippen LogP contribution in [-0.2, 0) is 4.79 Å². The Hall–Kier alpha value is -3.61. The fraction of sp³-hybridized carbons (Fsp3) is 0.257. The summed E-state index contributed by atoms with van der Waals surface area (Å²) in [5.74, 6) is 1.57. The summed E-state index contributed by atoms with van der Waals surface area (Å²) in [7, 11) is 0. The first-order valence-electron chi connectivity index (χ1n) is 14.5. The third-order valence-electron chi connectivity index (χ3n) is 8.67. The molecule has 4 aliphatic rings. The molecular weight excluding hydrogens is 610 g/mol. The van der Waals surface area contributed by atoms with Gasteiger partial charge in [-0.25, -0.2) is 0 Å². The van der Waals surface area contributed by atoms with Gasteiger partial charge in [-0.1, -0.05) is 66.2 Å². The highest BCUT2D eigenvalue weighted by Gasteiger charge is 2.36. The first-order chi connectivity index (χ1) is 20.5. The zero-order chi connectivity index (χ0) is 28.6. The van der Waals surface area contributed by atoms with Crippen LogP contribution in [0.3, 0.4) is 0 Å². The molecule has 2 bridgehead atoms. The van der Waals surface area contributed by atoms with Crippen LogP contribution in [0, 0.1) is 5.92 Å². The van der Waals surface area contributed by atoms with Gasteiger partial charge in [0, 0.05) is 69.7 Å². The molecule has 3 aliphatic heterocycles. The van der Waals surface area contributed by atoms with E-state index in [4.69, 9.17) is 16.3 Å². The highest BCUT2D eigenvalue weighted by Crippen LogP contribution is 2.45. The molecule has 3 heterocycles. The van der Waals surface area contributed by atoms with Crippen LogP contribution in [0.15, 0.2) is 106 Å². The van der Waals surface area contributed by atoms with E-state index in [9.17, 15) is 4.79 Å². The number of carbonyl (C=O) groups is 1. The number of hydrogen-bond acceptors (Lipinski definition) is 4. The number of ether oxygens (including phenoxy) is 1. The second-order valence-corrected chi connectivity index (χ2v) is 12.6. The topological polar surface area (TPSA) is 53.9 Å². The largest absolute Gasteiger partial charge is 0.457 e. The summed E-state index contributed by atoms with van der Waals surface area (Å²) >= 11 is 10.4. The van der Waals surface area contributed by atoms with Crippen molar-refractivity contribution in [1.29, 1.82) is 0 Å². The van der Waals surface area contributed by atoms with Gasteiger partial charge >= 0.3 is 0 Å². The van der Waals surface area contributed by atoms with Crippen molar-refractivity contribution in [1.82, 2.24) is 10.2 Å². The summed E-state index contributed by atoms with van der Waals surface area (Å²) in [6.45, 7) is 2.14. The lowest BCUT2D eigenvalue weighted by Crippen LogP contribution is -2.47. The van der Waals surface area contributed by atoms with Gasteiger partial charge in [0.05, 0.1) is 5.92 Å². The van der Waals surface area contributed by atoms with Crippen molar-refractivity contribution in [2.75, 3.05) is 19.6 Å². The minimum absolute atomic E-state index is 0.145. The number of halogens is 2. The highest BCUT2D eigenvalue weighted by molar-refractivity contribution is 9.12. The van der Waals surface area contributed by atoms with E-state index in [1.54, 1.807) is 0 Å². The average molecular weight is 641 g/mol. The van der Waals surface area contributed by atoms with Gasteiger partial charge in [-0.2, -0.15) is 0 Å². The molecular formula is C35H31BrClN3O2. The van der Waals surface area contributed by atoms with Crippen molar-refractivity contribution >= 4 is 45.2 Å². The van der Waals surface area contributed by atoms with E-state index in [0.717, 1.165) is 69.1 Å². The number of hydrogen-bond donors (Lipinski definition) is 1. The number of piperidine rings is 1. The fourth-order valence-corrected chi connectivity index (χ4v) is 7.14. The first-order valence-corrected chi connectivity index (χ1v) is 15.7. The molecule has 1 saturated heterocycles. The smallest absolute Gasteiger partial charge is 0.234 e. The van der Waals surface area contributed by atoms with Gasteiger partial charge in [0.2, 0.25) is 5.91 Å². The van der Waals surface area contributed by atoms with Gasteiger partial charge in [-0.15, -0.1) is 0 Å². The molecule has 42 heavy (non-hydrogen) atoms. The summed E-state index contributed by atoms with van der Waals surface area (Å²) in [5, 5.41) is 4.63. The minimum atomic E-state index is -0.351. The Morgan fingerprint density at radius 1 is 0.929 bits per heavy atom. The Bertz CT molecular complexity index is 1620. The number of rotatable bonds is 4. The molecule has 1 amide bonds. The second kappa shape index (κ2) is 11.6. The molecule has 0 saturated carbocycles. The number of benzene rings is 3. The molecule has 7 heteroatoms. The van der Waals surface area contributed by atoms with Gasteiger partial charge in [0.15, 0.2) is 0 Å². The number of fused-ring (bicyclic) bond motifs is 4. The van der Waals surface area contributed by atoms with Crippen LogP contribution < -0.4 is 10.1 Å². The van der Waals surface area contributed by atoms with E-state index in [-0.39, 0.29) is 23.8 Å². The highest BCUT2D eigenvalue weighted by atomic mass is 79.9. The molecule has 212 valence electrons. The fourth-order valence-electron chi connectivity index (χ4n) is 6.47. The molecule has 0 aromatic heterocycles. The van der Waals surface area contributed by atoms with Crippen molar-refractivity contribution in [3.05, 3.63) is 122 Å². The Labute approximate surface area is 259 Å². The van der Waals surface area contributed by atoms with Crippen LogP contribution in [0.1, 0.15) is 41.9 Å². The number of para-hydroxylation sites is 2. The van der Waals surface area contributed by atoms with E-state index in [1.165, 1.54) is 11.3 Å². The third-order valence-corrected chi connectivity index (χ3v) is 9.72. The Morgan fingerprint density at radius 3 is 2.31 bits per heavy atom. The third kappa shape index (κ3) is 5.23. The number of amides is 1. The predicted molar refractivity (Wildman–Crippen MR) is 172 cm³/mol. The molecule has 0 spiro atoms. The molecule has 1 unspecified atom stereocenters. The number of allylic oxidation sites excluding steroid dienone is 5. The Morgan fingerprint density at radius 2 is 1.60 bits per heavy atom. The van der Waals surface area contributed by atoms with Gasteiger partial charge in [0.1, 0.15) is 11.5 Å². The second-order valence-electron chi connectivity index (χ2n) is 11.3. The van der Waals surface area contributed by atoms with Gasteiger partial charge < -0.3 is 15.0 Å². The molecule has 1 aliphatic carbocycles. The molecule has 5 nitrogen and oxygen atoms in total. The number of aliphatic imine (C=N–C) groups is 1. The van der Waals surface area contributed by atoms with Crippen LogP contribution >= 0.6 is 27.5 Å². The SMILES string of the molecule is O=C(C1c2ccccc2Oc2ccccc21)N1CCC(NC2=CC(c3ccccc3Cl)=CC3=C(Br)C=NCC2C3)CC1. The Balaban J connectivity index is 1.10. The zero-order valence-electron chi connectivity index (χ0n) is 23.1. The number of likely N-dealkylation sites (tertiary alicyclic amines) is 1. The molecule has 7 rings (SSSR count). The lowest BCUT2D eigenvalue weighted by molar-refractivity contribution is -0.133. The zero-order valence-corrected chi connectivity index (χ0v) is 25.4. The Kier molecular flexibility index (Phi) is 7.51. The van der Waals surface area contributed by atoms with Crippen LogP contribution in [0.4, 0.5) is 0 Å². The molecule has 3 aromatic carbocycles. The van der Waals surface area contributed by atoms with E-state index in [1.807, 2.05) is 77.8 Å². The first kappa shape index (κ1) is 27.2. The van der Waals surface area contributed by atoms with Crippen LogP contribution in [0.25, 0.3) is 5.57 Å². The summed E-state index contributed by atoms with van der Waals surface area (Å²) in [6.07, 6.45) is 9.07. The monoisotopic (exact) mass is 639 g/mol. The van der Waals surface area contributed by atoms with Crippen molar-refractivity contribution < 1.29 is 9.53 Å². The van der Waals surface area contributed by atoms with E-state index >= 15 is 0 Å². The van der Waals surface area contributed by atoms with Crippen molar-refractivity contribution in [2.45, 2.75) is 31.2 Å². The van der Waals surface area contributed by atoms with E-state index in [0.29, 0.717) is 13.1 Å². The van der Waals surface area contributed by atoms with Crippen LogP contribution in [-0.4, -0.2) is 42.7 Å². The average Bonchev–Trinajstić information content (AvgIpc) is 3.31. The summed E-state index contributed by atoms with van der Waals surface area (Å²) in [6, 6.07) is 24.1. The standard InChI is InChI=1S/C35H31BrClN3O2/c36-29-21-38-20-24-18-23(29)17-22(26-7-1-4-10-30(26)37)19-31(24)39-25-13-15-40(16-14-25)35(41)34-27-8-2-5-11-32(27)42-33-12-6-3-9-28(33)34/h1-12,17,19,21,24-25,34,39H,13-16,18,20H2. The molecule has 1 atom stereocenters. The quantitative estimate of drug-likeness (QED) is 0.316. The molecule has 3 aromatic rings. The van der Waals surface area contributed by atoms with Gasteiger partial charge in [-0.05, 0) is 76.7 Å². The normalized spacial score (nSPS) is 20.4. The van der Waals surface area contributed by atoms with Gasteiger partial charge in [-0.3, -0.25) is 9.79 Å². The number of nitrogens with zero attached hydrogens (tertiary/aromatic N) is 2. The molecule has 1 N–H and O–H groups in total. The lowest BCUT2D eigenvalue weighted by atomic mass is 9.86. The number of carbonyl (C=O) groups excluding carboxylic acids is 1. The minimum Gasteiger partial charge on any atom is -0.457 e. The summed E-state index contributed by atoms with van der Waals surface area (Å²) in [4.78, 5) is 20.8. The molecule has 0 radical (unpaired) electrons. The van der Waals surface area contributed by atoms with Gasteiger partial charge in [0.25, 0.3) is 0 Å². The maximum absolute atomic E-state index is 14.1. The van der Waals surface area contributed by atoms with Crippen molar-refractivity contribution in [3.8, 4) is 11.5 Å². The van der Waals surface area contributed by atoms with Crippen molar-refractivity contribution in [2.24, 2.45) is 10.9 Å². The van der Waals surface area contributed by atoms with E-state index < -0.39 is 0 Å². The summed E-state index contributed by atoms with van der Waals surface area (Å²) in [5.41, 5.74) is 6.40.